The van der Waals surface area contributed by atoms with Gasteiger partial charge in [-0.3, -0.25) is 0 Å². The molecule has 3 aromatic rings. The first kappa shape index (κ1) is 12.6. The summed E-state index contributed by atoms with van der Waals surface area (Å²) in [7, 11) is 0. The van der Waals surface area contributed by atoms with Crippen molar-refractivity contribution in [3.63, 3.8) is 0 Å². The normalized spacial score (nSPS) is 17.6. The van der Waals surface area contributed by atoms with Gasteiger partial charge < -0.3 is 5.32 Å². The van der Waals surface area contributed by atoms with E-state index in [1.165, 1.54) is 27.5 Å². The second-order valence-electron chi connectivity index (χ2n) is 5.87. The lowest BCUT2D eigenvalue weighted by molar-refractivity contribution is 0.540. The van der Waals surface area contributed by atoms with Gasteiger partial charge in [-0.15, -0.1) is 0 Å². The Balaban J connectivity index is 1.73. The van der Waals surface area contributed by atoms with E-state index in [4.69, 9.17) is 0 Å². The highest BCUT2D eigenvalue weighted by molar-refractivity contribution is 5.85. The van der Waals surface area contributed by atoms with E-state index in [-0.39, 0.29) is 0 Å². The Hall–Kier alpha value is -2.12. The summed E-state index contributed by atoms with van der Waals surface area (Å²) in [4.78, 5) is 0. The van der Waals surface area contributed by atoms with Crippen LogP contribution in [0.15, 0.2) is 66.7 Å². The van der Waals surface area contributed by atoms with Crippen LogP contribution in [-0.2, 0) is 13.0 Å². The summed E-state index contributed by atoms with van der Waals surface area (Å²) >= 11 is 0. The Labute approximate surface area is 125 Å². The summed E-state index contributed by atoms with van der Waals surface area (Å²) in [5.41, 5.74) is 4.43. The maximum absolute atomic E-state index is 3.56. The minimum Gasteiger partial charge on any atom is -0.312 e. The highest BCUT2D eigenvalue weighted by Crippen LogP contribution is 2.29. The summed E-state index contributed by atoms with van der Waals surface area (Å²) in [6.07, 6.45) is 1.10. The molecule has 0 aliphatic carbocycles. The van der Waals surface area contributed by atoms with Crippen molar-refractivity contribution in [1.29, 1.82) is 0 Å². The molecule has 0 aromatic heterocycles. The van der Waals surface area contributed by atoms with Gasteiger partial charge in [-0.05, 0) is 33.9 Å². The quantitative estimate of drug-likeness (QED) is 0.735. The van der Waals surface area contributed by atoms with E-state index in [1.807, 2.05) is 0 Å². The monoisotopic (exact) mass is 273 g/mol. The lowest BCUT2D eigenvalue weighted by Crippen LogP contribution is -2.29. The first-order valence-corrected chi connectivity index (χ1v) is 7.67. The number of hydrogen-bond acceptors (Lipinski definition) is 1. The standard InChI is InChI=1S/C20H19N/c1-3-10-19-15(6-1)8-5-9-16(19)12-18-14-21-13-17-7-2-4-11-20(17)18/h1-11,18,21H,12-14H2. The molecular formula is C20H19N. The lowest BCUT2D eigenvalue weighted by Gasteiger charge is -2.27. The molecule has 0 saturated heterocycles. The van der Waals surface area contributed by atoms with Crippen molar-refractivity contribution in [2.45, 2.75) is 18.9 Å². The van der Waals surface area contributed by atoms with Crippen LogP contribution in [0.2, 0.25) is 0 Å². The molecule has 0 radical (unpaired) electrons. The third kappa shape index (κ3) is 2.34. The van der Waals surface area contributed by atoms with E-state index < -0.39 is 0 Å². The zero-order chi connectivity index (χ0) is 14.1. The molecule has 0 bridgehead atoms. The summed E-state index contributed by atoms with van der Waals surface area (Å²) in [5, 5.41) is 6.29. The van der Waals surface area contributed by atoms with Gasteiger partial charge in [0.2, 0.25) is 0 Å². The molecule has 1 atom stereocenters. The fourth-order valence-electron chi connectivity index (χ4n) is 3.50. The van der Waals surface area contributed by atoms with Crippen molar-refractivity contribution in [3.05, 3.63) is 83.4 Å². The molecule has 0 fully saturated rings. The van der Waals surface area contributed by atoms with Crippen LogP contribution in [0.3, 0.4) is 0 Å². The van der Waals surface area contributed by atoms with Crippen molar-refractivity contribution in [3.8, 4) is 0 Å². The van der Waals surface area contributed by atoms with Gasteiger partial charge in [-0.2, -0.15) is 0 Å². The zero-order valence-electron chi connectivity index (χ0n) is 12.0. The molecule has 4 rings (SSSR count). The average molecular weight is 273 g/mol. The van der Waals surface area contributed by atoms with Crippen LogP contribution in [0, 0.1) is 0 Å². The largest absolute Gasteiger partial charge is 0.312 e. The van der Waals surface area contributed by atoms with Crippen LogP contribution in [0.4, 0.5) is 0 Å². The maximum Gasteiger partial charge on any atom is 0.0208 e. The number of nitrogens with one attached hydrogen (secondary N) is 1. The predicted octanol–water partition coefficient (Wildman–Crippen LogP) is 4.27. The second kappa shape index (κ2) is 5.34. The van der Waals surface area contributed by atoms with Gasteiger partial charge in [0.15, 0.2) is 0 Å². The van der Waals surface area contributed by atoms with Gasteiger partial charge in [0.25, 0.3) is 0 Å². The molecule has 1 N–H and O–H groups in total. The smallest absolute Gasteiger partial charge is 0.0208 e. The van der Waals surface area contributed by atoms with E-state index in [1.54, 1.807) is 0 Å². The Morgan fingerprint density at radius 2 is 1.67 bits per heavy atom. The summed E-state index contributed by atoms with van der Waals surface area (Å²) in [6, 6.07) is 24.2. The van der Waals surface area contributed by atoms with Crippen LogP contribution in [0.1, 0.15) is 22.6 Å². The fraction of sp³-hybridized carbons (Fsp3) is 0.200. The van der Waals surface area contributed by atoms with Gasteiger partial charge in [0.1, 0.15) is 0 Å². The molecule has 0 spiro atoms. The third-order valence-electron chi connectivity index (χ3n) is 4.55. The van der Waals surface area contributed by atoms with Crippen LogP contribution in [-0.4, -0.2) is 6.54 Å². The van der Waals surface area contributed by atoms with Gasteiger partial charge in [0, 0.05) is 19.0 Å². The summed E-state index contributed by atoms with van der Waals surface area (Å²) in [5.74, 6) is 0.570. The summed E-state index contributed by atoms with van der Waals surface area (Å²) in [6.45, 7) is 2.07. The van der Waals surface area contributed by atoms with E-state index in [2.05, 4.69) is 72.0 Å². The van der Waals surface area contributed by atoms with Gasteiger partial charge in [-0.1, -0.05) is 66.7 Å². The number of rotatable bonds is 2. The van der Waals surface area contributed by atoms with Gasteiger partial charge in [-0.25, -0.2) is 0 Å². The zero-order valence-corrected chi connectivity index (χ0v) is 12.0. The third-order valence-corrected chi connectivity index (χ3v) is 4.55. The van der Waals surface area contributed by atoms with E-state index in [0.717, 1.165) is 19.5 Å². The Bertz CT molecular complexity index is 770. The van der Waals surface area contributed by atoms with Gasteiger partial charge >= 0.3 is 0 Å². The molecule has 1 unspecified atom stereocenters. The fourth-order valence-corrected chi connectivity index (χ4v) is 3.50. The molecule has 0 amide bonds. The maximum atomic E-state index is 3.56. The average Bonchev–Trinajstić information content (AvgIpc) is 2.56. The van der Waals surface area contributed by atoms with Crippen LogP contribution >= 0.6 is 0 Å². The molecule has 3 aromatic carbocycles. The van der Waals surface area contributed by atoms with Gasteiger partial charge in [0.05, 0.1) is 0 Å². The lowest BCUT2D eigenvalue weighted by atomic mass is 9.85. The first-order valence-electron chi connectivity index (χ1n) is 7.67. The van der Waals surface area contributed by atoms with Crippen molar-refractivity contribution >= 4 is 10.8 Å². The van der Waals surface area contributed by atoms with E-state index in [0.29, 0.717) is 5.92 Å². The molecule has 1 heteroatoms. The van der Waals surface area contributed by atoms with Crippen LogP contribution in [0.5, 0.6) is 0 Å². The molecule has 21 heavy (non-hydrogen) atoms. The minimum atomic E-state index is 0.570. The van der Waals surface area contributed by atoms with E-state index >= 15 is 0 Å². The number of benzene rings is 3. The molecule has 1 aliphatic heterocycles. The molecule has 1 heterocycles. The topological polar surface area (TPSA) is 12.0 Å². The highest BCUT2D eigenvalue weighted by atomic mass is 14.9. The molecule has 104 valence electrons. The Morgan fingerprint density at radius 1 is 0.857 bits per heavy atom. The van der Waals surface area contributed by atoms with Crippen LogP contribution in [0.25, 0.3) is 10.8 Å². The van der Waals surface area contributed by atoms with Crippen molar-refractivity contribution in [2.24, 2.45) is 0 Å². The van der Waals surface area contributed by atoms with Crippen molar-refractivity contribution < 1.29 is 0 Å². The second-order valence-corrected chi connectivity index (χ2v) is 5.87. The van der Waals surface area contributed by atoms with Crippen molar-refractivity contribution in [2.75, 3.05) is 6.54 Å². The highest BCUT2D eigenvalue weighted by Gasteiger charge is 2.20. The Morgan fingerprint density at radius 3 is 2.67 bits per heavy atom. The number of fused-ring (bicyclic) bond motifs is 2. The Kier molecular flexibility index (Phi) is 3.21. The molecule has 1 nitrogen and oxygen atoms in total. The predicted molar refractivity (Wildman–Crippen MR) is 88.5 cm³/mol. The first-order chi connectivity index (χ1) is 10.4. The summed E-state index contributed by atoms with van der Waals surface area (Å²) < 4.78 is 0. The van der Waals surface area contributed by atoms with Crippen molar-refractivity contribution in [1.82, 2.24) is 5.32 Å². The SMILES string of the molecule is c1ccc2c(c1)CNCC2Cc1cccc2ccccc12. The molecular weight excluding hydrogens is 254 g/mol. The van der Waals surface area contributed by atoms with E-state index in [9.17, 15) is 0 Å². The van der Waals surface area contributed by atoms with Crippen LogP contribution < -0.4 is 5.32 Å². The molecule has 1 aliphatic rings. The molecule has 0 saturated carbocycles. The minimum absolute atomic E-state index is 0.570. The number of hydrogen-bond donors (Lipinski definition) is 1.